The molecule has 9 nitrogen and oxygen atoms in total. The highest BCUT2D eigenvalue weighted by Crippen LogP contribution is 2.37. The number of aromatic nitrogens is 2. The van der Waals surface area contributed by atoms with Gasteiger partial charge in [-0.05, 0) is 69.4 Å². The Labute approximate surface area is 280 Å². The molecule has 1 aromatic heterocycles. The van der Waals surface area contributed by atoms with Crippen LogP contribution in [0.1, 0.15) is 49.2 Å². The average Bonchev–Trinajstić information content (AvgIpc) is 3.71. The number of nitrogen functional groups attached to an aromatic ring is 1. The lowest BCUT2D eigenvalue weighted by Gasteiger charge is -2.19. The van der Waals surface area contributed by atoms with Gasteiger partial charge in [0, 0.05) is 66.7 Å². The van der Waals surface area contributed by atoms with Crippen LogP contribution in [0, 0.1) is 18.8 Å². The second kappa shape index (κ2) is 15.7. The zero-order valence-electron chi connectivity index (χ0n) is 28.9. The molecule has 47 heavy (non-hydrogen) atoms. The minimum absolute atomic E-state index is 0.337. The van der Waals surface area contributed by atoms with Gasteiger partial charge >= 0.3 is 0 Å². The standard InChI is InChI=1S/C38H52N8O/c1-7-34-36(24-45-16-14-25(2)21-45)43-19-35(44-34)31-11-8-10-30(26(31)3)32-12-9-13-33(38(32)40)37(47-6)20-42-29(18-41-5)23-46-17-15-28(22-46)27(4)39/h8-13,19-20,25,28,41H,4,7,14-18,21-24,39-40H2,1-3,5-6H3/b37-20-,42-29?. The highest BCUT2D eigenvalue weighted by molar-refractivity contribution is 5.91. The van der Waals surface area contributed by atoms with E-state index in [9.17, 15) is 0 Å². The normalized spacial score (nSPS) is 19.4. The van der Waals surface area contributed by atoms with E-state index >= 15 is 0 Å². The fourth-order valence-electron chi connectivity index (χ4n) is 6.86. The minimum Gasteiger partial charge on any atom is -0.494 e. The highest BCUT2D eigenvalue weighted by atomic mass is 16.5. The number of nitrogens with one attached hydrogen (secondary N) is 1. The fourth-order valence-corrected chi connectivity index (χ4v) is 6.86. The van der Waals surface area contributed by atoms with E-state index in [1.807, 2.05) is 25.4 Å². The summed E-state index contributed by atoms with van der Waals surface area (Å²) >= 11 is 0. The molecule has 0 saturated carbocycles. The van der Waals surface area contributed by atoms with Crippen LogP contribution >= 0.6 is 0 Å². The SMILES string of the molecule is C=C(N)C1CCN(CC(CNC)=N/C=C(\OC)c2cccc(-c3cccc(-c4cnc(CN5CCC(C)C5)c(CC)n4)c3C)c2N)C1. The molecule has 5 N–H and O–H groups in total. The van der Waals surface area contributed by atoms with E-state index in [0.29, 0.717) is 23.9 Å². The van der Waals surface area contributed by atoms with Crippen molar-refractivity contribution < 1.29 is 4.74 Å². The third-order valence-corrected chi connectivity index (χ3v) is 9.59. The molecule has 2 aromatic carbocycles. The van der Waals surface area contributed by atoms with Gasteiger partial charge in [-0.25, -0.2) is 4.98 Å². The molecule has 9 heteroatoms. The number of aryl methyl sites for hydroxylation is 1. The maximum atomic E-state index is 6.90. The molecule has 0 spiro atoms. The molecule has 3 heterocycles. The van der Waals surface area contributed by atoms with E-state index in [4.69, 9.17) is 31.2 Å². The summed E-state index contributed by atoms with van der Waals surface area (Å²) < 4.78 is 5.86. The van der Waals surface area contributed by atoms with Crippen molar-refractivity contribution in [3.05, 3.63) is 83.6 Å². The van der Waals surface area contributed by atoms with E-state index in [1.165, 1.54) is 6.42 Å². The van der Waals surface area contributed by atoms with Crippen LogP contribution in [0.2, 0.25) is 0 Å². The van der Waals surface area contributed by atoms with E-state index in [1.54, 1.807) is 13.3 Å². The van der Waals surface area contributed by atoms with Crippen molar-refractivity contribution in [3.63, 3.8) is 0 Å². The molecular weight excluding hydrogens is 584 g/mol. The molecule has 0 bridgehead atoms. The molecule has 250 valence electrons. The number of likely N-dealkylation sites (tertiary alicyclic amines) is 2. The summed E-state index contributed by atoms with van der Waals surface area (Å²) in [4.78, 5) is 19.8. The monoisotopic (exact) mass is 636 g/mol. The van der Waals surface area contributed by atoms with Gasteiger partial charge in [-0.3, -0.25) is 19.8 Å². The quantitative estimate of drug-likeness (QED) is 0.128. The van der Waals surface area contributed by atoms with Gasteiger partial charge in [0.1, 0.15) is 5.76 Å². The van der Waals surface area contributed by atoms with Crippen LogP contribution < -0.4 is 16.8 Å². The van der Waals surface area contributed by atoms with Gasteiger partial charge in [-0.1, -0.05) is 50.8 Å². The Balaban J connectivity index is 1.41. The second-order valence-electron chi connectivity index (χ2n) is 13.1. The van der Waals surface area contributed by atoms with Crippen molar-refractivity contribution >= 4 is 17.2 Å². The summed E-state index contributed by atoms with van der Waals surface area (Å²) in [7, 11) is 3.59. The maximum absolute atomic E-state index is 6.90. The predicted octanol–water partition coefficient (Wildman–Crippen LogP) is 5.50. The molecule has 3 aromatic rings. The number of rotatable bonds is 13. The Kier molecular flexibility index (Phi) is 11.4. The second-order valence-corrected chi connectivity index (χ2v) is 13.1. The van der Waals surface area contributed by atoms with E-state index in [-0.39, 0.29) is 0 Å². The first-order valence-electron chi connectivity index (χ1n) is 16.9. The lowest BCUT2D eigenvalue weighted by Crippen LogP contribution is -2.33. The summed E-state index contributed by atoms with van der Waals surface area (Å²) in [6, 6.07) is 12.4. The number of benzene rings is 2. The number of anilines is 1. The zero-order chi connectivity index (χ0) is 33.5. The van der Waals surface area contributed by atoms with Crippen molar-refractivity contribution in [3.8, 4) is 22.4 Å². The van der Waals surface area contributed by atoms with Crippen LogP contribution in [-0.2, 0) is 17.7 Å². The number of hydrogen-bond donors (Lipinski definition) is 3. The number of para-hydroxylation sites is 1. The molecule has 2 saturated heterocycles. The number of hydrogen-bond acceptors (Lipinski definition) is 9. The van der Waals surface area contributed by atoms with Crippen molar-refractivity contribution in [2.75, 3.05) is 59.2 Å². The van der Waals surface area contributed by atoms with Gasteiger partial charge in [0.25, 0.3) is 0 Å². The summed E-state index contributed by atoms with van der Waals surface area (Å²) in [5.41, 5.74) is 23.3. The largest absolute Gasteiger partial charge is 0.494 e. The third kappa shape index (κ3) is 8.09. The van der Waals surface area contributed by atoms with Crippen LogP contribution in [0.5, 0.6) is 0 Å². The Morgan fingerprint density at radius 1 is 1.09 bits per heavy atom. The Morgan fingerprint density at radius 2 is 1.83 bits per heavy atom. The van der Waals surface area contributed by atoms with Crippen LogP contribution in [0.3, 0.4) is 0 Å². The summed E-state index contributed by atoms with van der Waals surface area (Å²) in [5.74, 6) is 1.70. The highest BCUT2D eigenvalue weighted by Gasteiger charge is 2.24. The molecule has 2 atom stereocenters. The number of ether oxygens (including phenoxy) is 1. The summed E-state index contributed by atoms with van der Waals surface area (Å²) in [6.45, 7) is 17.0. The van der Waals surface area contributed by atoms with Gasteiger partial charge in [0.05, 0.1) is 42.3 Å². The first-order valence-corrected chi connectivity index (χ1v) is 16.9. The first kappa shape index (κ1) is 34.3. The van der Waals surface area contributed by atoms with Crippen molar-refractivity contribution in [1.29, 1.82) is 0 Å². The molecule has 0 radical (unpaired) electrons. The van der Waals surface area contributed by atoms with Crippen molar-refractivity contribution in [2.24, 2.45) is 22.6 Å². The van der Waals surface area contributed by atoms with Gasteiger partial charge in [-0.15, -0.1) is 0 Å². The molecule has 2 aliphatic rings. The molecular formula is C38H52N8O. The predicted molar refractivity (Wildman–Crippen MR) is 195 cm³/mol. The molecule has 0 amide bonds. The van der Waals surface area contributed by atoms with Gasteiger partial charge in [0.15, 0.2) is 0 Å². The van der Waals surface area contributed by atoms with E-state index in [0.717, 1.165) is 114 Å². The minimum atomic E-state index is 0.337. The van der Waals surface area contributed by atoms with Gasteiger partial charge in [0.2, 0.25) is 0 Å². The smallest absolute Gasteiger partial charge is 0.146 e. The Bertz CT molecular complexity index is 1630. The Morgan fingerprint density at radius 3 is 2.51 bits per heavy atom. The lowest BCUT2D eigenvalue weighted by atomic mass is 9.92. The van der Waals surface area contributed by atoms with E-state index in [2.05, 4.69) is 66.7 Å². The first-order chi connectivity index (χ1) is 22.7. The maximum Gasteiger partial charge on any atom is 0.146 e. The molecule has 2 aliphatic heterocycles. The van der Waals surface area contributed by atoms with Gasteiger partial charge < -0.3 is 21.5 Å². The number of nitrogens with zero attached hydrogens (tertiary/aromatic N) is 5. The summed E-state index contributed by atoms with van der Waals surface area (Å²) in [6.07, 6.45) is 6.84. The van der Waals surface area contributed by atoms with Crippen LogP contribution in [-0.4, -0.2) is 78.9 Å². The average molecular weight is 637 g/mol. The molecule has 2 unspecified atom stereocenters. The number of nitrogens with two attached hydrogens (primary N) is 2. The molecule has 5 rings (SSSR count). The van der Waals surface area contributed by atoms with Crippen LogP contribution in [0.15, 0.2) is 66.1 Å². The van der Waals surface area contributed by atoms with E-state index < -0.39 is 0 Å². The third-order valence-electron chi connectivity index (χ3n) is 9.59. The molecule has 2 fully saturated rings. The Hall–Kier alpha value is -4.05. The van der Waals surface area contributed by atoms with Gasteiger partial charge in [-0.2, -0.15) is 0 Å². The van der Waals surface area contributed by atoms with Crippen LogP contribution in [0.25, 0.3) is 28.1 Å². The lowest BCUT2D eigenvalue weighted by molar-refractivity contribution is 0.314. The topological polar surface area (TPSA) is 118 Å². The fraction of sp³-hybridized carbons (Fsp3) is 0.447. The van der Waals surface area contributed by atoms with Crippen molar-refractivity contribution in [1.82, 2.24) is 25.1 Å². The summed E-state index contributed by atoms with van der Waals surface area (Å²) in [5, 5.41) is 3.25. The van der Waals surface area contributed by atoms with Crippen molar-refractivity contribution in [2.45, 2.75) is 46.6 Å². The molecule has 0 aliphatic carbocycles. The number of methoxy groups -OCH3 is 1. The van der Waals surface area contributed by atoms with Crippen LogP contribution in [0.4, 0.5) is 5.69 Å². The number of aliphatic imine (C=N–C) groups is 1. The zero-order valence-corrected chi connectivity index (χ0v) is 28.9.